The van der Waals surface area contributed by atoms with Gasteiger partial charge in [-0.3, -0.25) is 4.90 Å². The summed E-state index contributed by atoms with van der Waals surface area (Å²) < 4.78 is 5.82. The van der Waals surface area contributed by atoms with Gasteiger partial charge in [-0.1, -0.05) is 26.0 Å². The lowest BCUT2D eigenvalue weighted by Gasteiger charge is -2.35. The molecule has 1 aliphatic heterocycles. The average Bonchev–Trinajstić information content (AvgIpc) is 2.61. The number of aromatic nitrogens is 2. The van der Waals surface area contributed by atoms with Gasteiger partial charge in [0.2, 0.25) is 0 Å². The second-order valence-corrected chi connectivity index (χ2v) is 7.96. The average molecular weight is 369 g/mol. The van der Waals surface area contributed by atoms with Gasteiger partial charge in [0.05, 0.1) is 6.10 Å². The summed E-state index contributed by atoms with van der Waals surface area (Å²) in [5.74, 6) is 3.32. The zero-order chi connectivity index (χ0) is 19.4. The Morgan fingerprint density at radius 3 is 2.41 bits per heavy atom. The van der Waals surface area contributed by atoms with E-state index in [2.05, 4.69) is 73.7 Å². The van der Waals surface area contributed by atoms with Gasteiger partial charge in [0, 0.05) is 50.4 Å². The molecule has 0 N–H and O–H groups in total. The van der Waals surface area contributed by atoms with E-state index in [1.807, 2.05) is 6.07 Å². The Bertz CT molecular complexity index is 752. The predicted molar refractivity (Wildman–Crippen MR) is 111 cm³/mol. The van der Waals surface area contributed by atoms with Gasteiger partial charge in [-0.25, -0.2) is 9.97 Å². The van der Waals surface area contributed by atoms with Crippen LogP contribution in [0.4, 0.5) is 5.82 Å². The number of anilines is 1. The van der Waals surface area contributed by atoms with Crippen LogP contribution in [0.15, 0.2) is 30.3 Å². The number of aryl methyl sites for hydroxylation is 1. The largest absolute Gasteiger partial charge is 0.491 e. The Morgan fingerprint density at radius 2 is 1.74 bits per heavy atom. The van der Waals surface area contributed by atoms with Crippen LogP contribution in [0.25, 0.3) is 0 Å². The van der Waals surface area contributed by atoms with Crippen LogP contribution in [0.1, 0.15) is 50.7 Å². The molecule has 5 nitrogen and oxygen atoms in total. The molecule has 1 fully saturated rings. The van der Waals surface area contributed by atoms with Crippen LogP contribution in [0, 0.1) is 6.92 Å². The molecule has 1 aromatic heterocycles. The van der Waals surface area contributed by atoms with Crippen LogP contribution in [-0.4, -0.2) is 47.2 Å². The van der Waals surface area contributed by atoms with Crippen molar-refractivity contribution in [3.05, 3.63) is 47.4 Å². The first-order valence-corrected chi connectivity index (χ1v) is 9.99. The van der Waals surface area contributed by atoms with Crippen molar-refractivity contribution in [3.63, 3.8) is 0 Å². The van der Waals surface area contributed by atoms with E-state index in [9.17, 15) is 0 Å². The summed E-state index contributed by atoms with van der Waals surface area (Å²) in [4.78, 5) is 14.2. The van der Waals surface area contributed by atoms with E-state index >= 15 is 0 Å². The minimum atomic E-state index is 0.204. The van der Waals surface area contributed by atoms with Crippen LogP contribution in [-0.2, 0) is 6.54 Å². The fourth-order valence-corrected chi connectivity index (χ4v) is 3.38. The Hall–Kier alpha value is -2.14. The molecular formula is C22H32N4O. The Labute approximate surface area is 163 Å². The SMILES string of the molecule is Cc1cc(N2CCN(Cc3cccc(OC(C)C)c3)CC2)nc(C(C)C)n1. The third-order valence-corrected chi connectivity index (χ3v) is 4.75. The highest BCUT2D eigenvalue weighted by atomic mass is 16.5. The summed E-state index contributed by atoms with van der Waals surface area (Å²) in [6, 6.07) is 10.6. The highest BCUT2D eigenvalue weighted by Crippen LogP contribution is 2.20. The smallest absolute Gasteiger partial charge is 0.133 e. The van der Waals surface area contributed by atoms with Gasteiger partial charge >= 0.3 is 0 Å². The number of benzene rings is 1. The third kappa shape index (κ3) is 5.42. The van der Waals surface area contributed by atoms with Crippen LogP contribution >= 0.6 is 0 Å². The van der Waals surface area contributed by atoms with E-state index in [-0.39, 0.29) is 6.10 Å². The standard InChI is InChI=1S/C22H32N4O/c1-16(2)22-23-18(5)13-21(24-22)26-11-9-25(10-12-26)15-19-7-6-8-20(14-19)27-17(3)4/h6-8,13-14,16-17H,9-12,15H2,1-5H3. The van der Waals surface area contributed by atoms with Crippen molar-refractivity contribution in [2.24, 2.45) is 0 Å². The zero-order valence-corrected chi connectivity index (χ0v) is 17.3. The fourth-order valence-electron chi connectivity index (χ4n) is 3.38. The summed E-state index contributed by atoms with van der Waals surface area (Å²) in [7, 11) is 0. The number of hydrogen-bond acceptors (Lipinski definition) is 5. The maximum absolute atomic E-state index is 5.82. The first-order chi connectivity index (χ1) is 12.9. The van der Waals surface area contributed by atoms with Crippen molar-refractivity contribution >= 4 is 5.82 Å². The van der Waals surface area contributed by atoms with Crippen molar-refractivity contribution < 1.29 is 4.74 Å². The molecule has 146 valence electrons. The molecule has 0 atom stereocenters. The second-order valence-electron chi connectivity index (χ2n) is 7.96. The number of nitrogens with zero attached hydrogens (tertiary/aromatic N) is 4. The minimum absolute atomic E-state index is 0.204. The fraction of sp³-hybridized carbons (Fsp3) is 0.545. The molecule has 0 aliphatic carbocycles. The molecule has 0 spiro atoms. The normalized spacial score (nSPS) is 15.6. The monoisotopic (exact) mass is 368 g/mol. The molecule has 0 bridgehead atoms. The van der Waals surface area contributed by atoms with E-state index in [4.69, 9.17) is 9.72 Å². The Balaban J connectivity index is 1.59. The first kappa shape index (κ1) is 19.6. The lowest BCUT2D eigenvalue weighted by Crippen LogP contribution is -2.46. The molecule has 0 saturated carbocycles. The minimum Gasteiger partial charge on any atom is -0.491 e. The Kier molecular flexibility index (Phi) is 6.32. The van der Waals surface area contributed by atoms with E-state index in [0.717, 1.165) is 55.8 Å². The third-order valence-electron chi connectivity index (χ3n) is 4.75. The van der Waals surface area contributed by atoms with Crippen molar-refractivity contribution in [1.29, 1.82) is 0 Å². The van der Waals surface area contributed by atoms with Crippen molar-refractivity contribution in [3.8, 4) is 5.75 Å². The highest BCUT2D eigenvalue weighted by molar-refractivity contribution is 5.40. The molecule has 1 saturated heterocycles. The van der Waals surface area contributed by atoms with Gasteiger partial charge in [0.15, 0.2) is 0 Å². The summed E-state index contributed by atoms with van der Waals surface area (Å²) >= 11 is 0. The lowest BCUT2D eigenvalue weighted by atomic mass is 10.1. The molecule has 1 aromatic carbocycles. The predicted octanol–water partition coefficient (Wildman–Crippen LogP) is 4.02. The van der Waals surface area contributed by atoms with Gasteiger partial charge in [0.1, 0.15) is 17.4 Å². The molecule has 1 aliphatic rings. The Morgan fingerprint density at radius 1 is 1.00 bits per heavy atom. The van der Waals surface area contributed by atoms with Crippen LogP contribution in [0.2, 0.25) is 0 Å². The van der Waals surface area contributed by atoms with Gasteiger partial charge in [-0.2, -0.15) is 0 Å². The van der Waals surface area contributed by atoms with Crippen molar-refractivity contribution in [1.82, 2.24) is 14.9 Å². The molecular weight excluding hydrogens is 336 g/mol. The van der Waals surface area contributed by atoms with E-state index in [1.54, 1.807) is 0 Å². The summed E-state index contributed by atoms with van der Waals surface area (Å²) in [6.07, 6.45) is 0.204. The summed E-state index contributed by atoms with van der Waals surface area (Å²) in [5.41, 5.74) is 2.36. The van der Waals surface area contributed by atoms with Gasteiger partial charge < -0.3 is 9.64 Å². The van der Waals surface area contributed by atoms with Crippen molar-refractivity contribution in [2.45, 2.75) is 53.2 Å². The maximum Gasteiger partial charge on any atom is 0.133 e. The number of piperazine rings is 1. The number of ether oxygens (including phenoxy) is 1. The quantitative estimate of drug-likeness (QED) is 0.770. The van der Waals surface area contributed by atoms with E-state index < -0.39 is 0 Å². The van der Waals surface area contributed by atoms with E-state index in [1.165, 1.54) is 5.56 Å². The number of hydrogen-bond donors (Lipinski definition) is 0. The maximum atomic E-state index is 5.82. The molecule has 5 heteroatoms. The van der Waals surface area contributed by atoms with Crippen LogP contribution in [0.3, 0.4) is 0 Å². The van der Waals surface area contributed by atoms with Crippen LogP contribution < -0.4 is 9.64 Å². The number of rotatable bonds is 6. The summed E-state index contributed by atoms with van der Waals surface area (Å²) in [6.45, 7) is 15.5. The zero-order valence-electron chi connectivity index (χ0n) is 17.3. The van der Waals surface area contributed by atoms with Gasteiger partial charge in [-0.05, 0) is 38.5 Å². The molecule has 3 rings (SSSR count). The lowest BCUT2D eigenvalue weighted by molar-refractivity contribution is 0.238. The van der Waals surface area contributed by atoms with Gasteiger partial charge in [0.25, 0.3) is 0 Å². The van der Waals surface area contributed by atoms with E-state index in [0.29, 0.717) is 5.92 Å². The first-order valence-electron chi connectivity index (χ1n) is 9.99. The molecule has 0 amide bonds. The molecule has 2 aromatic rings. The van der Waals surface area contributed by atoms with Crippen LogP contribution in [0.5, 0.6) is 5.75 Å². The topological polar surface area (TPSA) is 41.5 Å². The molecule has 27 heavy (non-hydrogen) atoms. The molecule has 0 radical (unpaired) electrons. The molecule has 0 unspecified atom stereocenters. The van der Waals surface area contributed by atoms with Crippen molar-refractivity contribution in [2.75, 3.05) is 31.1 Å². The van der Waals surface area contributed by atoms with Gasteiger partial charge in [-0.15, -0.1) is 0 Å². The highest BCUT2D eigenvalue weighted by Gasteiger charge is 2.19. The molecule has 2 heterocycles. The summed E-state index contributed by atoms with van der Waals surface area (Å²) in [5, 5.41) is 0. The second kappa shape index (κ2) is 8.70.